The van der Waals surface area contributed by atoms with Crippen molar-refractivity contribution in [3.63, 3.8) is 0 Å². The zero-order valence-corrected chi connectivity index (χ0v) is 10.7. The number of carbonyl (C=O) groups is 1. The van der Waals surface area contributed by atoms with Crippen molar-refractivity contribution in [3.05, 3.63) is 34.9 Å². The lowest BCUT2D eigenvalue weighted by atomic mass is 10.1. The Balaban J connectivity index is 2.75. The first kappa shape index (κ1) is 15.8. The molecule has 0 spiro atoms. The van der Waals surface area contributed by atoms with E-state index in [0.29, 0.717) is 15.5 Å². The predicted molar refractivity (Wildman–Crippen MR) is 64.9 cm³/mol. The first-order chi connectivity index (χ1) is 8.83. The van der Waals surface area contributed by atoms with Crippen molar-refractivity contribution in [1.82, 2.24) is 4.90 Å². The maximum absolute atomic E-state index is 12.3. The Morgan fingerprint density at radius 3 is 2.47 bits per heavy atom. The highest BCUT2D eigenvalue weighted by Crippen LogP contribution is 2.19. The van der Waals surface area contributed by atoms with Gasteiger partial charge in [0.05, 0.1) is 13.0 Å². The minimum absolute atomic E-state index is 0.226. The van der Waals surface area contributed by atoms with Gasteiger partial charge < -0.3 is 10.0 Å². The monoisotopic (exact) mass is 295 g/mol. The topological polar surface area (TPSA) is 40.5 Å². The van der Waals surface area contributed by atoms with Gasteiger partial charge in [-0.3, -0.25) is 4.79 Å². The zero-order chi connectivity index (χ0) is 14.5. The third-order valence-electron chi connectivity index (χ3n) is 2.39. The second-order valence-electron chi connectivity index (χ2n) is 3.92. The van der Waals surface area contributed by atoms with Crippen LogP contribution in [0.15, 0.2) is 24.3 Å². The second kappa shape index (κ2) is 6.77. The number of benzene rings is 1. The lowest BCUT2D eigenvalue weighted by molar-refractivity contribution is -0.161. The van der Waals surface area contributed by atoms with Gasteiger partial charge in [0.15, 0.2) is 0 Å². The molecule has 1 aromatic rings. The van der Waals surface area contributed by atoms with Crippen LogP contribution in [0.2, 0.25) is 5.02 Å². The van der Waals surface area contributed by atoms with Crippen LogP contribution < -0.4 is 0 Å². The molecule has 0 unspecified atom stereocenters. The van der Waals surface area contributed by atoms with E-state index in [-0.39, 0.29) is 13.0 Å². The van der Waals surface area contributed by atoms with Crippen molar-refractivity contribution in [2.75, 3.05) is 19.7 Å². The van der Waals surface area contributed by atoms with Crippen molar-refractivity contribution in [2.45, 2.75) is 12.6 Å². The molecule has 0 aliphatic carbocycles. The van der Waals surface area contributed by atoms with Gasteiger partial charge in [0.25, 0.3) is 0 Å². The summed E-state index contributed by atoms with van der Waals surface area (Å²) in [5.74, 6) is -0.723. The number of rotatable bonds is 5. The highest BCUT2D eigenvalue weighted by Gasteiger charge is 2.32. The molecule has 3 nitrogen and oxygen atoms in total. The van der Waals surface area contributed by atoms with E-state index >= 15 is 0 Å². The van der Waals surface area contributed by atoms with Gasteiger partial charge in [-0.15, -0.1) is 0 Å². The molecule has 1 N–H and O–H groups in total. The summed E-state index contributed by atoms with van der Waals surface area (Å²) in [4.78, 5) is 12.4. The standard InChI is InChI=1S/C12H13ClF3NO2/c13-10-4-2-1-3-9(10)7-11(19)17(5-6-18)8-12(14,15)16/h1-4,18H,5-8H2. The molecule has 0 aliphatic rings. The van der Waals surface area contributed by atoms with Crippen LogP contribution in [0.25, 0.3) is 0 Å². The Kier molecular flexibility index (Phi) is 5.62. The number of carbonyl (C=O) groups excluding carboxylic acids is 1. The fourth-order valence-corrected chi connectivity index (χ4v) is 1.75. The van der Waals surface area contributed by atoms with Gasteiger partial charge in [0, 0.05) is 11.6 Å². The van der Waals surface area contributed by atoms with E-state index < -0.39 is 25.2 Å². The number of alkyl halides is 3. The van der Waals surface area contributed by atoms with Crippen molar-refractivity contribution in [1.29, 1.82) is 0 Å². The van der Waals surface area contributed by atoms with Gasteiger partial charge in [-0.25, -0.2) is 0 Å². The fourth-order valence-electron chi connectivity index (χ4n) is 1.55. The van der Waals surface area contributed by atoms with E-state index in [0.717, 1.165) is 0 Å². The third kappa shape index (κ3) is 5.48. The SMILES string of the molecule is O=C(Cc1ccccc1Cl)N(CCO)CC(F)(F)F. The number of nitrogens with zero attached hydrogens (tertiary/aromatic N) is 1. The molecule has 0 atom stereocenters. The molecule has 0 saturated carbocycles. The average Bonchev–Trinajstić information content (AvgIpc) is 2.30. The maximum Gasteiger partial charge on any atom is 0.406 e. The zero-order valence-electron chi connectivity index (χ0n) is 9.95. The molecule has 0 heterocycles. The van der Waals surface area contributed by atoms with Crippen molar-refractivity contribution >= 4 is 17.5 Å². The van der Waals surface area contributed by atoms with E-state index in [1.54, 1.807) is 24.3 Å². The second-order valence-corrected chi connectivity index (χ2v) is 4.33. The van der Waals surface area contributed by atoms with Crippen LogP contribution in [-0.4, -0.2) is 41.8 Å². The number of aliphatic hydroxyl groups excluding tert-OH is 1. The van der Waals surface area contributed by atoms with E-state index in [4.69, 9.17) is 16.7 Å². The van der Waals surface area contributed by atoms with E-state index in [1.165, 1.54) is 0 Å². The molecule has 106 valence electrons. The summed E-state index contributed by atoms with van der Waals surface area (Å²) >= 11 is 5.84. The average molecular weight is 296 g/mol. The lowest BCUT2D eigenvalue weighted by Crippen LogP contribution is -2.41. The Bertz CT molecular complexity index is 437. The predicted octanol–water partition coefficient (Wildman–Crippen LogP) is 2.27. The number of amides is 1. The smallest absolute Gasteiger partial charge is 0.395 e. The largest absolute Gasteiger partial charge is 0.406 e. The molecular weight excluding hydrogens is 283 g/mol. The number of halogens is 4. The molecule has 0 saturated heterocycles. The first-order valence-corrected chi connectivity index (χ1v) is 5.90. The molecule has 7 heteroatoms. The third-order valence-corrected chi connectivity index (χ3v) is 2.76. The van der Waals surface area contributed by atoms with E-state index in [9.17, 15) is 18.0 Å². The van der Waals surface area contributed by atoms with Crippen molar-refractivity contribution in [2.24, 2.45) is 0 Å². The normalized spacial score (nSPS) is 11.4. The van der Waals surface area contributed by atoms with Gasteiger partial charge >= 0.3 is 6.18 Å². The van der Waals surface area contributed by atoms with Gasteiger partial charge in [0.2, 0.25) is 5.91 Å². The van der Waals surface area contributed by atoms with Gasteiger partial charge in [-0.1, -0.05) is 29.8 Å². The fraction of sp³-hybridized carbons (Fsp3) is 0.417. The van der Waals surface area contributed by atoms with Crippen LogP contribution in [-0.2, 0) is 11.2 Å². The summed E-state index contributed by atoms with van der Waals surface area (Å²) in [6, 6.07) is 6.45. The molecule has 1 rings (SSSR count). The summed E-state index contributed by atoms with van der Waals surface area (Å²) < 4.78 is 36.9. The Hall–Kier alpha value is -1.27. The lowest BCUT2D eigenvalue weighted by Gasteiger charge is -2.23. The first-order valence-electron chi connectivity index (χ1n) is 5.52. The molecule has 1 amide bonds. The van der Waals surface area contributed by atoms with Crippen molar-refractivity contribution in [3.8, 4) is 0 Å². The quantitative estimate of drug-likeness (QED) is 0.905. The molecular formula is C12H13ClF3NO2. The highest BCUT2D eigenvalue weighted by molar-refractivity contribution is 6.31. The van der Waals surface area contributed by atoms with Gasteiger partial charge in [0.1, 0.15) is 6.54 Å². The maximum atomic E-state index is 12.3. The van der Waals surface area contributed by atoms with Crippen LogP contribution in [0.1, 0.15) is 5.56 Å². The summed E-state index contributed by atoms with van der Waals surface area (Å²) in [6.07, 6.45) is -4.72. The summed E-state index contributed by atoms with van der Waals surface area (Å²) in [5, 5.41) is 9.04. The summed E-state index contributed by atoms with van der Waals surface area (Å²) in [5.41, 5.74) is 0.458. The minimum atomic E-state index is -4.49. The molecule has 0 aromatic heterocycles. The molecule has 1 aromatic carbocycles. The molecule has 0 fully saturated rings. The Morgan fingerprint density at radius 1 is 1.32 bits per heavy atom. The van der Waals surface area contributed by atoms with Crippen LogP contribution in [0.3, 0.4) is 0 Å². The molecule has 0 aliphatic heterocycles. The number of hydrogen-bond acceptors (Lipinski definition) is 2. The summed E-state index contributed by atoms with van der Waals surface area (Å²) in [7, 11) is 0. The van der Waals surface area contributed by atoms with Crippen LogP contribution in [0, 0.1) is 0 Å². The van der Waals surface area contributed by atoms with Crippen LogP contribution in [0.5, 0.6) is 0 Å². The number of aliphatic hydroxyl groups is 1. The summed E-state index contributed by atoms with van der Waals surface area (Å²) in [6.45, 7) is -2.26. The highest BCUT2D eigenvalue weighted by atomic mass is 35.5. The van der Waals surface area contributed by atoms with Crippen LogP contribution in [0.4, 0.5) is 13.2 Å². The molecule has 19 heavy (non-hydrogen) atoms. The van der Waals surface area contributed by atoms with Gasteiger partial charge in [-0.05, 0) is 11.6 Å². The van der Waals surface area contributed by atoms with Gasteiger partial charge in [-0.2, -0.15) is 13.2 Å². The number of hydrogen-bond donors (Lipinski definition) is 1. The minimum Gasteiger partial charge on any atom is -0.395 e. The Labute approximate surface area is 113 Å². The molecule has 0 radical (unpaired) electrons. The van der Waals surface area contributed by atoms with E-state index in [1.807, 2.05) is 0 Å². The van der Waals surface area contributed by atoms with Crippen molar-refractivity contribution < 1.29 is 23.1 Å². The Morgan fingerprint density at radius 2 is 1.95 bits per heavy atom. The van der Waals surface area contributed by atoms with Crippen LogP contribution >= 0.6 is 11.6 Å². The van der Waals surface area contributed by atoms with E-state index in [2.05, 4.69) is 0 Å². The molecule has 0 bridgehead atoms.